The normalized spacial score (nSPS) is 38.1. The van der Waals surface area contributed by atoms with Crippen molar-refractivity contribution in [1.82, 2.24) is 9.80 Å². The molecule has 1 amide bonds. The molecule has 0 radical (unpaired) electrons. The van der Waals surface area contributed by atoms with Crippen molar-refractivity contribution in [3.63, 3.8) is 0 Å². The maximum Gasteiger partial charge on any atom is 0.227 e. The summed E-state index contributed by atoms with van der Waals surface area (Å²) in [4.78, 5) is 17.1. The number of amides is 1. The van der Waals surface area contributed by atoms with Crippen LogP contribution in [0.1, 0.15) is 32.1 Å². The topological polar surface area (TPSA) is 49.6 Å². The quantitative estimate of drug-likeness (QED) is 0.835. The molecule has 2 N–H and O–H groups in total. The van der Waals surface area contributed by atoms with Crippen molar-refractivity contribution in [3.8, 4) is 0 Å². The molecule has 0 spiro atoms. The Morgan fingerprint density at radius 1 is 1.14 bits per heavy atom. The fourth-order valence-electron chi connectivity index (χ4n) is 4.49. The number of halogens is 2. The van der Waals surface area contributed by atoms with E-state index in [-0.39, 0.29) is 36.8 Å². The van der Waals surface area contributed by atoms with Gasteiger partial charge in [-0.05, 0) is 58.0 Å². The molecule has 1 heterocycles. The SMILES string of the molecule is CN(C)C1CCCN(C(=O)C2C3CCC(C3)C2N)C1.Cl.Cl. The number of likely N-dealkylation sites (N-methyl/N-ethyl adjacent to an activating group) is 1. The molecule has 3 rings (SSSR count). The lowest BCUT2D eigenvalue weighted by atomic mass is 9.83. The smallest absolute Gasteiger partial charge is 0.227 e. The monoisotopic (exact) mass is 337 g/mol. The number of hydrogen-bond acceptors (Lipinski definition) is 3. The number of nitrogens with zero attached hydrogens (tertiary/aromatic N) is 2. The summed E-state index contributed by atoms with van der Waals surface area (Å²) in [5.74, 6) is 1.67. The number of carbonyl (C=O) groups excluding carboxylic acids is 1. The van der Waals surface area contributed by atoms with E-state index in [0.29, 0.717) is 23.8 Å². The van der Waals surface area contributed by atoms with Crippen LogP contribution in [0.4, 0.5) is 0 Å². The minimum Gasteiger partial charge on any atom is -0.341 e. The molecule has 4 nitrogen and oxygen atoms in total. The predicted molar refractivity (Wildman–Crippen MR) is 90.1 cm³/mol. The molecule has 2 saturated carbocycles. The maximum atomic E-state index is 12.8. The number of piperidine rings is 1. The number of rotatable bonds is 2. The van der Waals surface area contributed by atoms with Gasteiger partial charge in [-0.2, -0.15) is 0 Å². The second kappa shape index (κ2) is 7.49. The van der Waals surface area contributed by atoms with E-state index >= 15 is 0 Å². The first-order valence-corrected chi connectivity index (χ1v) is 7.78. The van der Waals surface area contributed by atoms with E-state index < -0.39 is 0 Å². The first kappa shape index (κ1) is 19.0. The van der Waals surface area contributed by atoms with Crippen LogP contribution in [0.25, 0.3) is 0 Å². The van der Waals surface area contributed by atoms with E-state index in [0.717, 1.165) is 19.5 Å². The highest BCUT2D eigenvalue weighted by molar-refractivity contribution is 5.85. The number of fused-ring (bicyclic) bond motifs is 2. The van der Waals surface area contributed by atoms with Crippen LogP contribution in [0.2, 0.25) is 0 Å². The van der Waals surface area contributed by atoms with Gasteiger partial charge in [-0.1, -0.05) is 0 Å². The van der Waals surface area contributed by atoms with Crippen molar-refractivity contribution in [3.05, 3.63) is 0 Å². The Hall–Kier alpha value is -0.0300. The maximum absolute atomic E-state index is 12.8. The Morgan fingerprint density at radius 2 is 1.81 bits per heavy atom. The van der Waals surface area contributed by atoms with Crippen LogP contribution in [0.5, 0.6) is 0 Å². The molecular weight excluding hydrogens is 309 g/mol. The second-order valence-electron chi connectivity index (χ2n) is 6.98. The Morgan fingerprint density at radius 3 is 2.38 bits per heavy atom. The molecule has 2 bridgehead atoms. The van der Waals surface area contributed by atoms with Crippen LogP contribution in [-0.2, 0) is 4.79 Å². The van der Waals surface area contributed by atoms with Gasteiger partial charge >= 0.3 is 0 Å². The van der Waals surface area contributed by atoms with Crippen molar-refractivity contribution in [2.24, 2.45) is 23.5 Å². The molecule has 6 heteroatoms. The highest BCUT2D eigenvalue weighted by Crippen LogP contribution is 2.48. The highest BCUT2D eigenvalue weighted by Gasteiger charge is 2.50. The zero-order valence-electron chi connectivity index (χ0n) is 13.0. The molecule has 3 fully saturated rings. The molecule has 3 aliphatic rings. The van der Waals surface area contributed by atoms with Crippen LogP contribution < -0.4 is 5.73 Å². The number of carbonyl (C=O) groups is 1. The van der Waals surface area contributed by atoms with E-state index in [1.807, 2.05) is 0 Å². The lowest BCUT2D eigenvalue weighted by Crippen LogP contribution is -2.53. The molecule has 1 aliphatic heterocycles. The molecule has 21 heavy (non-hydrogen) atoms. The third kappa shape index (κ3) is 3.49. The van der Waals surface area contributed by atoms with Gasteiger partial charge in [0.25, 0.3) is 0 Å². The van der Waals surface area contributed by atoms with Gasteiger partial charge in [-0.25, -0.2) is 0 Å². The van der Waals surface area contributed by atoms with Crippen molar-refractivity contribution < 1.29 is 4.79 Å². The van der Waals surface area contributed by atoms with Gasteiger partial charge < -0.3 is 15.5 Å². The first-order valence-electron chi connectivity index (χ1n) is 7.78. The van der Waals surface area contributed by atoms with Crippen LogP contribution in [0.3, 0.4) is 0 Å². The molecule has 124 valence electrons. The van der Waals surface area contributed by atoms with E-state index in [2.05, 4.69) is 23.9 Å². The fraction of sp³-hybridized carbons (Fsp3) is 0.933. The third-order valence-electron chi connectivity index (χ3n) is 5.70. The predicted octanol–water partition coefficient (Wildman–Crippen LogP) is 1.76. The van der Waals surface area contributed by atoms with Crippen molar-refractivity contribution in [2.75, 3.05) is 27.2 Å². The summed E-state index contributed by atoms with van der Waals surface area (Å²) in [6.07, 6.45) is 6.00. The number of nitrogens with two attached hydrogens (primary N) is 1. The summed E-state index contributed by atoms with van der Waals surface area (Å²) in [5, 5.41) is 0. The third-order valence-corrected chi connectivity index (χ3v) is 5.70. The Bertz CT molecular complexity index is 365. The molecule has 1 saturated heterocycles. The molecule has 0 aromatic heterocycles. The van der Waals surface area contributed by atoms with E-state index in [4.69, 9.17) is 5.73 Å². The zero-order chi connectivity index (χ0) is 13.6. The van der Waals surface area contributed by atoms with Gasteiger partial charge in [0.05, 0.1) is 5.92 Å². The Balaban J connectivity index is 0.00000110. The molecule has 2 aliphatic carbocycles. The van der Waals surface area contributed by atoms with Gasteiger partial charge in [-0.3, -0.25) is 4.79 Å². The van der Waals surface area contributed by atoms with Crippen molar-refractivity contribution >= 4 is 30.7 Å². The average Bonchev–Trinajstić information content (AvgIpc) is 2.99. The molecule has 5 unspecified atom stereocenters. The minimum absolute atomic E-state index is 0. The van der Waals surface area contributed by atoms with Crippen LogP contribution >= 0.6 is 24.8 Å². The second-order valence-corrected chi connectivity index (χ2v) is 6.98. The van der Waals surface area contributed by atoms with Gasteiger partial charge in [0, 0.05) is 25.2 Å². The van der Waals surface area contributed by atoms with Crippen LogP contribution in [-0.4, -0.2) is 55.0 Å². The van der Waals surface area contributed by atoms with Gasteiger partial charge in [0.15, 0.2) is 0 Å². The molecule has 0 aromatic carbocycles. The van der Waals surface area contributed by atoms with Crippen LogP contribution in [0, 0.1) is 17.8 Å². The van der Waals surface area contributed by atoms with Crippen molar-refractivity contribution in [1.29, 1.82) is 0 Å². The lowest BCUT2D eigenvalue weighted by Gasteiger charge is -2.39. The Labute approximate surface area is 140 Å². The summed E-state index contributed by atoms with van der Waals surface area (Å²) < 4.78 is 0. The summed E-state index contributed by atoms with van der Waals surface area (Å²) in [5.41, 5.74) is 6.31. The molecule has 0 aromatic rings. The summed E-state index contributed by atoms with van der Waals surface area (Å²) in [6.45, 7) is 1.83. The van der Waals surface area contributed by atoms with Gasteiger partial charge in [0.2, 0.25) is 5.91 Å². The highest BCUT2D eigenvalue weighted by atomic mass is 35.5. The summed E-state index contributed by atoms with van der Waals surface area (Å²) >= 11 is 0. The first-order chi connectivity index (χ1) is 9.08. The molecule has 5 atom stereocenters. The summed E-state index contributed by atoms with van der Waals surface area (Å²) in [6, 6.07) is 0.651. The minimum atomic E-state index is 0. The molecular formula is C15H29Cl2N3O. The standard InChI is InChI=1S/C15H27N3O.2ClH/c1-17(2)12-4-3-7-18(9-12)15(19)13-10-5-6-11(8-10)14(13)16;;/h10-14H,3-9,16H2,1-2H3;2*1H. The van der Waals surface area contributed by atoms with Crippen LogP contribution in [0.15, 0.2) is 0 Å². The average molecular weight is 338 g/mol. The Kier molecular flexibility index (Phi) is 6.79. The van der Waals surface area contributed by atoms with Crippen molar-refractivity contribution in [2.45, 2.75) is 44.2 Å². The fourth-order valence-corrected chi connectivity index (χ4v) is 4.49. The van der Waals surface area contributed by atoms with E-state index in [9.17, 15) is 4.79 Å². The van der Waals surface area contributed by atoms with Gasteiger partial charge in [-0.15, -0.1) is 24.8 Å². The lowest BCUT2D eigenvalue weighted by molar-refractivity contribution is -0.139. The van der Waals surface area contributed by atoms with E-state index in [1.165, 1.54) is 25.7 Å². The number of hydrogen-bond donors (Lipinski definition) is 1. The summed E-state index contributed by atoms with van der Waals surface area (Å²) in [7, 11) is 4.23. The largest absolute Gasteiger partial charge is 0.341 e. The number of likely N-dealkylation sites (tertiary alicyclic amines) is 1. The van der Waals surface area contributed by atoms with E-state index in [1.54, 1.807) is 0 Å². The zero-order valence-corrected chi connectivity index (χ0v) is 14.7. The van der Waals surface area contributed by atoms with Gasteiger partial charge in [0.1, 0.15) is 0 Å².